The van der Waals surface area contributed by atoms with E-state index in [1.54, 1.807) is 5.01 Å². The summed E-state index contributed by atoms with van der Waals surface area (Å²) in [6.45, 7) is 2.64. The molecule has 0 atom stereocenters. The topological polar surface area (TPSA) is 74.2 Å². The van der Waals surface area contributed by atoms with E-state index in [-0.39, 0.29) is 5.91 Å². The summed E-state index contributed by atoms with van der Waals surface area (Å²) in [5.74, 6) is 1.12. The fourth-order valence-electron chi connectivity index (χ4n) is 2.17. The molecule has 2 heterocycles. The van der Waals surface area contributed by atoms with E-state index in [0.29, 0.717) is 17.5 Å². The van der Waals surface area contributed by atoms with Crippen molar-refractivity contribution in [3.05, 3.63) is 41.7 Å². The Morgan fingerprint density at radius 2 is 2.18 bits per heavy atom. The lowest BCUT2D eigenvalue weighted by atomic mass is 10.1. The first kappa shape index (κ1) is 14.8. The van der Waals surface area contributed by atoms with Crippen molar-refractivity contribution >= 4 is 23.4 Å². The predicted molar refractivity (Wildman–Crippen MR) is 85.8 cm³/mol. The molecule has 0 spiro atoms. The van der Waals surface area contributed by atoms with Crippen molar-refractivity contribution in [3.63, 3.8) is 0 Å². The number of aromatic nitrogens is 3. The summed E-state index contributed by atoms with van der Waals surface area (Å²) in [6.07, 6.45) is 1.60. The van der Waals surface area contributed by atoms with Gasteiger partial charge in [0.25, 0.3) is 5.91 Å². The van der Waals surface area contributed by atoms with Gasteiger partial charge >= 0.3 is 0 Å². The zero-order valence-corrected chi connectivity index (χ0v) is 13.1. The molecule has 7 heteroatoms. The number of aromatic amines is 1. The molecular weight excluding hydrogens is 298 g/mol. The van der Waals surface area contributed by atoms with Gasteiger partial charge in [0.15, 0.2) is 0 Å². The summed E-state index contributed by atoms with van der Waals surface area (Å²) < 4.78 is 0. The smallest absolute Gasteiger partial charge is 0.253 e. The second-order valence-corrected chi connectivity index (χ2v) is 5.83. The van der Waals surface area contributed by atoms with Crippen molar-refractivity contribution < 1.29 is 4.79 Å². The van der Waals surface area contributed by atoms with Gasteiger partial charge in [-0.1, -0.05) is 49.0 Å². The van der Waals surface area contributed by atoms with Crippen LogP contribution in [0.1, 0.15) is 24.7 Å². The molecular formula is C15H17N5OS. The Bertz CT molecular complexity index is 682. The van der Waals surface area contributed by atoms with E-state index >= 15 is 0 Å². The zero-order valence-electron chi connectivity index (χ0n) is 12.3. The zero-order chi connectivity index (χ0) is 15.4. The summed E-state index contributed by atoms with van der Waals surface area (Å²) in [6, 6.07) is 9.96. The quantitative estimate of drug-likeness (QED) is 0.857. The van der Waals surface area contributed by atoms with Gasteiger partial charge in [0, 0.05) is 12.8 Å². The van der Waals surface area contributed by atoms with Crippen LogP contribution in [0.25, 0.3) is 0 Å². The first-order chi connectivity index (χ1) is 10.8. The highest BCUT2D eigenvalue weighted by molar-refractivity contribution is 7.99. The van der Waals surface area contributed by atoms with Crippen molar-refractivity contribution in [2.45, 2.75) is 24.9 Å². The van der Waals surface area contributed by atoms with Crippen LogP contribution in [0.3, 0.4) is 0 Å². The SMILES string of the molecule is CCc1nc(SCC(=O)N2CCC(c3ccccc3)=N2)n[nH]1. The number of hydrogen-bond acceptors (Lipinski definition) is 5. The Balaban J connectivity index is 1.58. The summed E-state index contributed by atoms with van der Waals surface area (Å²) in [4.78, 5) is 16.5. The fourth-order valence-corrected chi connectivity index (χ4v) is 2.86. The molecule has 0 saturated carbocycles. The normalized spacial score (nSPS) is 14.2. The van der Waals surface area contributed by atoms with E-state index in [1.807, 2.05) is 37.3 Å². The molecule has 0 radical (unpaired) electrons. The molecule has 2 aromatic rings. The molecule has 6 nitrogen and oxygen atoms in total. The molecule has 0 fully saturated rings. The van der Waals surface area contributed by atoms with E-state index in [9.17, 15) is 4.79 Å². The Kier molecular flexibility index (Phi) is 4.53. The Morgan fingerprint density at radius 1 is 1.36 bits per heavy atom. The second-order valence-electron chi connectivity index (χ2n) is 4.89. The van der Waals surface area contributed by atoms with E-state index in [0.717, 1.165) is 29.9 Å². The van der Waals surface area contributed by atoms with Gasteiger partial charge in [-0.15, -0.1) is 5.10 Å². The monoisotopic (exact) mass is 315 g/mol. The van der Waals surface area contributed by atoms with Crippen LogP contribution in [0.5, 0.6) is 0 Å². The van der Waals surface area contributed by atoms with Crippen molar-refractivity contribution in [1.82, 2.24) is 20.2 Å². The number of hydrogen-bond donors (Lipinski definition) is 1. The minimum Gasteiger partial charge on any atom is -0.272 e. The van der Waals surface area contributed by atoms with E-state index < -0.39 is 0 Å². The summed E-state index contributed by atoms with van der Waals surface area (Å²) in [5.41, 5.74) is 2.04. The van der Waals surface area contributed by atoms with Gasteiger partial charge in [-0.05, 0) is 5.56 Å². The Labute approximate surface area is 133 Å². The lowest BCUT2D eigenvalue weighted by molar-refractivity contribution is -0.127. The molecule has 1 aliphatic heterocycles. The minimum absolute atomic E-state index is 0.0150. The maximum Gasteiger partial charge on any atom is 0.253 e. The van der Waals surface area contributed by atoms with Gasteiger partial charge in [0.1, 0.15) is 5.82 Å². The van der Waals surface area contributed by atoms with Crippen LogP contribution in [0.2, 0.25) is 0 Å². The molecule has 1 aromatic carbocycles. The summed E-state index contributed by atoms with van der Waals surface area (Å²) in [5, 5.41) is 13.5. The van der Waals surface area contributed by atoms with Crippen LogP contribution in [0.15, 0.2) is 40.6 Å². The molecule has 0 bridgehead atoms. The first-order valence-corrected chi connectivity index (χ1v) is 8.22. The molecule has 0 saturated heterocycles. The maximum absolute atomic E-state index is 12.2. The number of amides is 1. The number of carbonyl (C=O) groups excluding carboxylic acids is 1. The number of benzene rings is 1. The highest BCUT2D eigenvalue weighted by atomic mass is 32.2. The summed E-state index contributed by atoms with van der Waals surface area (Å²) in [7, 11) is 0. The largest absolute Gasteiger partial charge is 0.272 e. The maximum atomic E-state index is 12.2. The van der Waals surface area contributed by atoms with Crippen LogP contribution in [-0.2, 0) is 11.2 Å². The van der Waals surface area contributed by atoms with E-state index in [2.05, 4.69) is 20.3 Å². The number of thioether (sulfide) groups is 1. The molecule has 3 rings (SSSR count). The van der Waals surface area contributed by atoms with Crippen LogP contribution in [0, 0.1) is 0 Å². The average Bonchev–Trinajstić information content (AvgIpc) is 3.22. The van der Waals surface area contributed by atoms with Crippen molar-refractivity contribution in [2.24, 2.45) is 5.10 Å². The number of carbonyl (C=O) groups is 1. The number of nitrogens with one attached hydrogen (secondary N) is 1. The number of H-pyrrole nitrogens is 1. The molecule has 1 N–H and O–H groups in total. The van der Waals surface area contributed by atoms with Gasteiger partial charge in [0.05, 0.1) is 18.0 Å². The van der Waals surface area contributed by atoms with Gasteiger partial charge < -0.3 is 0 Å². The third-order valence-electron chi connectivity index (χ3n) is 3.37. The van der Waals surface area contributed by atoms with Crippen molar-refractivity contribution in [3.8, 4) is 0 Å². The molecule has 0 aliphatic carbocycles. The van der Waals surface area contributed by atoms with Gasteiger partial charge in [0.2, 0.25) is 5.16 Å². The fraction of sp³-hybridized carbons (Fsp3) is 0.333. The van der Waals surface area contributed by atoms with Crippen molar-refractivity contribution in [2.75, 3.05) is 12.3 Å². The third kappa shape index (κ3) is 3.36. The standard InChI is InChI=1S/C15H17N5OS/c1-2-13-16-15(18-17-13)22-10-14(21)20-9-8-12(19-20)11-6-4-3-5-7-11/h3-7H,2,8-10H2,1H3,(H,16,17,18). The predicted octanol–water partition coefficient (Wildman–Crippen LogP) is 2.10. The highest BCUT2D eigenvalue weighted by Gasteiger charge is 2.21. The Hall–Kier alpha value is -2.15. The molecule has 0 unspecified atom stereocenters. The van der Waals surface area contributed by atoms with Crippen LogP contribution in [-0.4, -0.2) is 44.1 Å². The van der Waals surface area contributed by atoms with Gasteiger partial charge in [-0.25, -0.2) is 9.99 Å². The molecule has 22 heavy (non-hydrogen) atoms. The molecule has 1 aromatic heterocycles. The third-order valence-corrected chi connectivity index (χ3v) is 4.20. The van der Waals surface area contributed by atoms with Crippen molar-refractivity contribution in [1.29, 1.82) is 0 Å². The Morgan fingerprint density at radius 3 is 2.91 bits per heavy atom. The molecule has 114 valence electrons. The second kappa shape index (κ2) is 6.74. The minimum atomic E-state index is -0.0150. The number of nitrogens with zero attached hydrogens (tertiary/aromatic N) is 4. The summed E-state index contributed by atoms with van der Waals surface area (Å²) >= 11 is 1.33. The first-order valence-electron chi connectivity index (χ1n) is 7.23. The number of aryl methyl sites for hydroxylation is 1. The molecule has 1 amide bonds. The van der Waals surface area contributed by atoms with E-state index in [1.165, 1.54) is 11.8 Å². The van der Waals surface area contributed by atoms with Crippen LogP contribution >= 0.6 is 11.8 Å². The number of rotatable bonds is 5. The highest BCUT2D eigenvalue weighted by Crippen LogP contribution is 2.17. The average molecular weight is 315 g/mol. The lowest BCUT2D eigenvalue weighted by Crippen LogP contribution is -2.25. The lowest BCUT2D eigenvalue weighted by Gasteiger charge is -2.09. The van der Waals surface area contributed by atoms with Crippen LogP contribution < -0.4 is 0 Å². The molecule has 1 aliphatic rings. The van der Waals surface area contributed by atoms with Crippen LogP contribution in [0.4, 0.5) is 0 Å². The van der Waals surface area contributed by atoms with Gasteiger partial charge in [-0.2, -0.15) is 5.10 Å². The van der Waals surface area contributed by atoms with Gasteiger partial charge in [-0.3, -0.25) is 9.89 Å². The van der Waals surface area contributed by atoms with E-state index in [4.69, 9.17) is 0 Å². The number of hydrazone groups is 1.